The SMILES string of the molecule is c1ccc2c(c1)-c1cccc3c1C2c1ccccc1C1c2ccccc2-c2ccc4c(c21)C3c1ccccc1-4. The van der Waals surface area contributed by atoms with Gasteiger partial charge in [0.15, 0.2) is 0 Å². The van der Waals surface area contributed by atoms with E-state index in [1.165, 1.54) is 83.5 Å². The molecule has 0 radical (unpaired) electrons. The van der Waals surface area contributed by atoms with Crippen LogP contribution in [0.15, 0.2) is 127 Å². The summed E-state index contributed by atoms with van der Waals surface area (Å²) in [4.78, 5) is 0. The standard InChI is InChI=1S/C39H24/c1-4-13-25-22(10-1)28-18-9-19-33-36(28)34(25)29-16-7-8-17-30(29)35-26-14-5-2-11-23(26)31-20-21-32-24-12-3-6-15-27(24)37(33)39(32)38(31)35/h1-21,34-35,37H. The van der Waals surface area contributed by atoms with E-state index in [0.717, 1.165) is 0 Å². The molecule has 0 bridgehead atoms. The van der Waals surface area contributed by atoms with Crippen molar-refractivity contribution < 1.29 is 0 Å². The van der Waals surface area contributed by atoms with E-state index in [0.29, 0.717) is 0 Å². The van der Waals surface area contributed by atoms with E-state index in [2.05, 4.69) is 127 Å². The zero-order chi connectivity index (χ0) is 25.2. The fraction of sp³-hybridized carbons (Fsp3) is 0.0769. The van der Waals surface area contributed by atoms with Crippen LogP contribution in [0.5, 0.6) is 0 Å². The maximum atomic E-state index is 2.43. The largest absolute Gasteiger partial charge is 0.0619 e. The zero-order valence-corrected chi connectivity index (χ0v) is 21.4. The van der Waals surface area contributed by atoms with Crippen LogP contribution in [0.1, 0.15) is 67.8 Å². The second kappa shape index (κ2) is 7.04. The molecule has 0 aromatic heterocycles. The number of hydrogen-bond donors (Lipinski definition) is 0. The van der Waals surface area contributed by atoms with Gasteiger partial charge in [-0.2, -0.15) is 0 Å². The molecule has 3 unspecified atom stereocenters. The highest BCUT2D eigenvalue weighted by Gasteiger charge is 2.45. The number of fused-ring (bicyclic) bond motifs is 13. The molecular formula is C39H24. The van der Waals surface area contributed by atoms with Gasteiger partial charge in [0.25, 0.3) is 0 Å². The Hall–Kier alpha value is -4.68. The van der Waals surface area contributed by atoms with Crippen molar-refractivity contribution in [1.29, 1.82) is 0 Å². The molecule has 0 fully saturated rings. The van der Waals surface area contributed by atoms with E-state index in [4.69, 9.17) is 0 Å². The zero-order valence-electron chi connectivity index (χ0n) is 21.4. The summed E-state index contributed by atoms with van der Waals surface area (Å²) in [5.74, 6) is 0.680. The summed E-state index contributed by atoms with van der Waals surface area (Å²) in [5.41, 5.74) is 21.7. The molecule has 0 heteroatoms. The molecule has 0 heterocycles. The fourth-order valence-corrected chi connectivity index (χ4v) is 8.57. The molecule has 0 amide bonds. The maximum absolute atomic E-state index is 2.43. The average Bonchev–Trinajstić information content (AvgIpc) is 3.63. The van der Waals surface area contributed by atoms with E-state index < -0.39 is 0 Å². The lowest BCUT2D eigenvalue weighted by atomic mass is 9.79. The Morgan fingerprint density at radius 2 is 0.564 bits per heavy atom. The van der Waals surface area contributed by atoms with Gasteiger partial charge in [0, 0.05) is 17.8 Å². The van der Waals surface area contributed by atoms with Gasteiger partial charge in [0.1, 0.15) is 0 Å². The highest BCUT2D eigenvalue weighted by molar-refractivity contribution is 5.93. The van der Waals surface area contributed by atoms with E-state index in [1.54, 1.807) is 0 Å². The molecule has 180 valence electrons. The Bertz CT molecular complexity index is 2040. The summed E-state index contributed by atoms with van der Waals surface area (Å²) in [6, 6.07) is 48.6. The van der Waals surface area contributed by atoms with Crippen molar-refractivity contribution in [3.8, 4) is 33.4 Å². The van der Waals surface area contributed by atoms with Crippen molar-refractivity contribution in [1.82, 2.24) is 0 Å². The van der Waals surface area contributed by atoms with Gasteiger partial charge < -0.3 is 0 Å². The summed E-state index contributed by atoms with van der Waals surface area (Å²) >= 11 is 0. The van der Waals surface area contributed by atoms with Crippen molar-refractivity contribution in [2.24, 2.45) is 0 Å². The molecule has 0 aliphatic heterocycles. The third kappa shape index (κ3) is 2.33. The van der Waals surface area contributed by atoms with Crippen molar-refractivity contribution >= 4 is 0 Å². The highest BCUT2D eigenvalue weighted by atomic mass is 14.5. The Kier molecular flexibility index (Phi) is 3.66. The van der Waals surface area contributed by atoms with Gasteiger partial charge in [-0.15, -0.1) is 0 Å². The van der Waals surface area contributed by atoms with Crippen LogP contribution in [-0.4, -0.2) is 0 Å². The maximum Gasteiger partial charge on any atom is 0.0358 e. The fourth-order valence-electron chi connectivity index (χ4n) is 8.57. The van der Waals surface area contributed by atoms with Gasteiger partial charge >= 0.3 is 0 Å². The van der Waals surface area contributed by atoms with Crippen LogP contribution < -0.4 is 0 Å². The number of benzene rings is 6. The Labute approximate surface area is 228 Å². The predicted molar refractivity (Wildman–Crippen MR) is 158 cm³/mol. The Balaban J connectivity index is 1.45. The number of hydrogen-bond acceptors (Lipinski definition) is 0. The van der Waals surface area contributed by atoms with Gasteiger partial charge in [-0.1, -0.05) is 127 Å². The lowest BCUT2D eigenvalue weighted by molar-refractivity contribution is 0.927. The normalized spacial score (nSPS) is 19.5. The topological polar surface area (TPSA) is 0 Å². The molecule has 0 N–H and O–H groups in total. The summed E-state index contributed by atoms with van der Waals surface area (Å²) in [6.45, 7) is 0. The quantitative estimate of drug-likeness (QED) is 0.198. The van der Waals surface area contributed by atoms with Crippen molar-refractivity contribution in [2.45, 2.75) is 17.8 Å². The van der Waals surface area contributed by atoms with Gasteiger partial charge in [0.2, 0.25) is 0 Å². The Morgan fingerprint density at radius 3 is 1.08 bits per heavy atom. The highest BCUT2D eigenvalue weighted by Crippen LogP contribution is 2.62. The van der Waals surface area contributed by atoms with E-state index in [9.17, 15) is 0 Å². The van der Waals surface area contributed by atoms with Gasteiger partial charge in [-0.3, -0.25) is 0 Å². The summed E-state index contributed by atoms with van der Waals surface area (Å²) in [5, 5.41) is 0. The van der Waals surface area contributed by atoms with Crippen molar-refractivity contribution in [3.05, 3.63) is 177 Å². The molecule has 0 saturated heterocycles. The minimum atomic E-state index is 0.226. The van der Waals surface area contributed by atoms with Crippen molar-refractivity contribution in [3.63, 3.8) is 0 Å². The van der Waals surface area contributed by atoms with Crippen molar-refractivity contribution in [2.75, 3.05) is 0 Å². The minimum absolute atomic E-state index is 0.226. The third-order valence-electron chi connectivity index (χ3n) is 9.91. The lowest BCUT2D eigenvalue weighted by Gasteiger charge is -2.24. The molecular weight excluding hydrogens is 468 g/mol. The molecule has 4 aliphatic rings. The second-order valence-electron chi connectivity index (χ2n) is 11.5. The second-order valence-corrected chi connectivity index (χ2v) is 11.5. The lowest BCUT2D eigenvalue weighted by Crippen LogP contribution is -2.08. The summed E-state index contributed by atoms with van der Waals surface area (Å²) in [7, 11) is 0. The van der Waals surface area contributed by atoms with E-state index >= 15 is 0 Å². The molecule has 39 heavy (non-hydrogen) atoms. The molecule has 0 saturated carbocycles. The van der Waals surface area contributed by atoms with E-state index in [1.807, 2.05) is 0 Å². The predicted octanol–water partition coefficient (Wildman–Crippen LogP) is 9.48. The molecule has 0 nitrogen and oxygen atoms in total. The van der Waals surface area contributed by atoms with Crippen LogP contribution in [0.2, 0.25) is 0 Å². The van der Waals surface area contributed by atoms with Crippen LogP contribution in [0.3, 0.4) is 0 Å². The minimum Gasteiger partial charge on any atom is -0.0619 e. The van der Waals surface area contributed by atoms with Crippen LogP contribution in [0.4, 0.5) is 0 Å². The monoisotopic (exact) mass is 492 g/mol. The van der Waals surface area contributed by atoms with Crippen LogP contribution in [0, 0.1) is 0 Å². The van der Waals surface area contributed by atoms with Gasteiger partial charge in [-0.05, 0) is 83.5 Å². The van der Waals surface area contributed by atoms with Gasteiger partial charge in [0.05, 0.1) is 0 Å². The molecule has 0 spiro atoms. The molecule has 6 aromatic carbocycles. The number of rotatable bonds is 0. The molecule has 6 aromatic rings. The summed E-state index contributed by atoms with van der Waals surface area (Å²) in [6.07, 6.45) is 0. The third-order valence-corrected chi connectivity index (χ3v) is 9.91. The molecule has 4 aliphatic carbocycles. The first-order valence-corrected chi connectivity index (χ1v) is 14.1. The average molecular weight is 493 g/mol. The summed E-state index contributed by atoms with van der Waals surface area (Å²) < 4.78 is 0. The molecule has 3 atom stereocenters. The van der Waals surface area contributed by atoms with Crippen LogP contribution >= 0.6 is 0 Å². The molecule has 10 rings (SSSR count). The van der Waals surface area contributed by atoms with Crippen LogP contribution in [-0.2, 0) is 0 Å². The first kappa shape index (κ1) is 20.3. The van der Waals surface area contributed by atoms with E-state index in [-0.39, 0.29) is 17.8 Å². The first-order chi connectivity index (χ1) is 19.4. The van der Waals surface area contributed by atoms with Gasteiger partial charge in [-0.25, -0.2) is 0 Å². The Morgan fingerprint density at radius 1 is 0.231 bits per heavy atom. The smallest absolute Gasteiger partial charge is 0.0358 e. The first-order valence-electron chi connectivity index (χ1n) is 14.1. The van der Waals surface area contributed by atoms with Crippen LogP contribution in [0.25, 0.3) is 33.4 Å².